The molecule has 4 saturated carbocycles. The van der Waals surface area contributed by atoms with Crippen LogP contribution in [-0.2, 0) is 19.2 Å². The number of ether oxygens (including phenoxy) is 1. The normalized spacial score (nSPS) is 48.7. The summed E-state index contributed by atoms with van der Waals surface area (Å²) in [5.41, 5.74) is -2.10. The number of nitrogens with zero attached hydrogens (tertiary/aromatic N) is 1. The molecule has 4 aliphatic rings. The molecule has 0 aliphatic heterocycles. The highest BCUT2D eigenvalue weighted by Gasteiger charge is 2.69. The van der Waals surface area contributed by atoms with Crippen LogP contribution in [0.5, 0.6) is 0 Å². The van der Waals surface area contributed by atoms with Gasteiger partial charge in [-0.25, -0.2) is 0 Å². The van der Waals surface area contributed by atoms with Crippen LogP contribution in [0.3, 0.4) is 0 Å². The summed E-state index contributed by atoms with van der Waals surface area (Å²) in [6.07, 6.45) is 4.02. The number of fused-ring (bicyclic) bond motifs is 5. The lowest BCUT2D eigenvalue weighted by Crippen LogP contribution is -2.69. The van der Waals surface area contributed by atoms with Crippen LogP contribution in [-0.4, -0.2) is 39.8 Å². The van der Waals surface area contributed by atoms with Gasteiger partial charge in [0.1, 0.15) is 23.6 Å². The van der Waals surface area contributed by atoms with Gasteiger partial charge in [0, 0.05) is 24.7 Å². The van der Waals surface area contributed by atoms with E-state index in [0.717, 1.165) is 25.7 Å². The minimum Gasteiger partial charge on any atom is -0.462 e. The molecule has 0 aromatic carbocycles. The van der Waals surface area contributed by atoms with E-state index >= 15 is 0 Å². The number of carbonyl (C=O) groups is 2. The van der Waals surface area contributed by atoms with Crippen LogP contribution in [0.25, 0.3) is 0 Å². The van der Waals surface area contributed by atoms with Gasteiger partial charge in [0.15, 0.2) is 0 Å². The first-order valence-electron chi connectivity index (χ1n) is 11.6. The van der Waals surface area contributed by atoms with E-state index in [9.17, 15) is 24.8 Å². The van der Waals surface area contributed by atoms with E-state index in [4.69, 9.17) is 9.57 Å². The number of hydrogen-bond acceptors (Lipinski definition) is 7. The molecule has 1 N–H and O–H groups in total. The minimum atomic E-state index is -1.44. The Kier molecular flexibility index (Phi) is 5.39. The first-order valence-corrected chi connectivity index (χ1v) is 11.6. The molecule has 0 radical (unpaired) electrons. The van der Waals surface area contributed by atoms with Gasteiger partial charge in [-0.2, -0.15) is 0 Å². The molecule has 4 rings (SSSR count). The SMILES string of the molecule is CC(=O)O[C@H]1CC[C@]2(C)[C@H]3CC[C@]4(C)[C@@H](C(C)=O)CC[C@H]4[C@@H]3C[C@@H](O[N+](=O)[O-])[C@@]2(O)C1. The molecule has 8 nitrogen and oxygen atoms in total. The second kappa shape index (κ2) is 7.42. The Morgan fingerprint density at radius 1 is 1.06 bits per heavy atom. The Bertz CT molecular complexity index is 786. The van der Waals surface area contributed by atoms with Gasteiger partial charge in [0.2, 0.25) is 0 Å². The Balaban J connectivity index is 1.70. The molecule has 0 bridgehead atoms. The third-order valence-corrected chi connectivity index (χ3v) is 9.82. The molecular formula is C23H35NO7. The molecule has 0 saturated heterocycles. The van der Waals surface area contributed by atoms with E-state index in [-0.39, 0.29) is 35.4 Å². The summed E-state index contributed by atoms with van der Waals surface area (Å²) < 4.78 is 5.40. The van der Waals surface area contributed by atoms with Gasteiger partial charge >= 0.3 is 5.97 Å². The van der Waals surface area contributed by atoms with E-state index in [2.05, 4.69) is 6.92 Å². The largest absolute Gasteiger partial charge is 0.462 e. The minimum absolute atomic E-state index is 0.0432. The average molecular weight is 438 g/mol. The Hall–Kier alpha value is -1.70. The van der Waals surface area contributed by atoms with E-state index in [0.29, 0.717) is 25.2 Å². The summed E-state index contributed by atoms with van der Waals surface area (Å²) in [6.45, 7) is 7.29. The molecule has 8 heteroatoms. The third kappa shape index (κ3) is 3.28. The fourth-order valence-corrected chi connectivity index (χ4v) is 8.45. The first-order chi connectivity index (χ1) is 14.4. The van der Waals surface area contributed by atoms with Crippen molar-refractivity contribution >= 4 is 11.8 Å². The van der Waals surface area contributed by atoms with Gasteiger partial charge in [-0.3, -0.25) is 9.59 Å². The summed E-state index contributed by atoms with van der Waals surface area (Å²) in [4.78, 5) is 40.4. The van der Waals surface area contributed by atoms with Crippen LogP contribution in [0.1, 0.15) is 79.1 Å². The van der Waals surface area contributed by atoms with Crippen LogP contribution < -0.4 is 0 Å². The Labute approximate surface area is 183 Å². The number of Topliss-reactive ketones (excluding diaryl/α,β-unsaturated/α-hetero) is 1. The topological polar surface area (TPSA) is 116 Å². The summed E-state index contributed by atoms with van der Waals surface area (Å²) in [5, 5.41) is 22.5. The van der Waals surface area contributed by atoms with Crippen LogP contribution in [0.15, 0.2) is 0 Å². The van der Waals surface area contributed by atoms with Crippen molar-refractivity contribution in [2.75, 3.05) is 0 Å². The number of carbonyl (C=O) groups excluding carboxylic acids is 2. The van der Waals surface area contributed by atoms with Gasteiger partial charge in [0.25, 0.3) is 5.09 Å². The van der Waals surface area contributed by atoms with Crippen LogP contribution in [0.2, 0.25) is 0 Å². The van der Waals surface area contributed by atoms with E-state index < -0.39 is 34.3 Å². The van der Waals surface area contributed by atoms with E-state index in [1.165, 1.54) is 6.92 Å². The smallest absolute Gasteiger partial charge is 0.302 e. The van der Waals surface area contributed by atoms with E-state index in [1.54, 1.807) is 6.92 Å². The number of aliphatic hydroxyl groups is 1. The molecule has 31 heavy (non-hydrogen) atoms. The quantitative estimate of drug-likeness (QED) is 0.407. The lowest BCUT2D eigenvalue weighted by Gasteiger charge is -2.65. The van der Waals surface area contributed by atoms with Gasteiger partial charge in [-0.1, -0.05) is 13.8 Å². The highest BCUT2D eigenvalue weighted by molar-refractivity contribution is 5.79. The van der Waals surface area contributed by atoms with Crippen molar-refractivity contribution in [2.45, 2.75) is 96.9 Å². The van der Waals surface area contributed by atoms with Gasteiger partial charge in [-0.05, 0) is 75.0 Å². The molecular weight excluding hydrogens is 402 g/mol. The van der Waals surface area contributed by atoms with Crippen molar-refractivity contribution in [3.63, 3.8) is 0 Å². The highest BCUT2D eigenvalue weighted by Crippen LogP contribution is 2.68. The monoisotopic (exact) mass is 437 g/mol. The van der Waals surface area contributed by atoms with Gasteiger partial charge < -0.3 is 14.7 Å². The standard InChI is InChI=1S/C23H35NO7/c1-13(25)17-5-6-18-16-11-20(31-24(28)29)23(27)12-15(30-14(2)26)7-10-22(23,4)19(16)8-9-21(17,18)3/h15-20,27H,5-12H2,1-4H3/t15-,16-,17+,18-,19-,20+,21+,22+,23-/m0/s1. The molecule has 4 fully saturated rings. The zero-order chi connectivity index (χ0) is 22.8. The number of esters is 1. The molecule has 9 atom stereocenters. The fourth-order valence-electron chi connectivity index (χ4n) is 8.45. The average Bonchev–Trinajstić information content (AvgIpc) is 3.00. The van der Waals surface area contributed by atoms with Crippen molar-refractivity contribution in [1.29, 1.82) is 0 Å². The van der Waals surface area contributed by atoms with Crippen molar-refractivity contribution in [3.8, 4) is 0 Å². The lowest BCUT2D eigenvalue weighted by atomic mass is 9.42. The summed E-state index contributed by atoms with van der Waals surface area (Å²) in [6, 6.07) is 0. The first kappa shape index (κ1) is 22.5. The number of ketones is 1. The van der Waals surface area contributed by atoms with E-state index in [1.807, 2.05) is 6.92 Å². The van der Waals surface area contributed by atoms with Crippen LogP contribution in [0, 0.1) is 44.6 Å². The predicted molar refractivity (Wildman–Crippen MR) is 110 cm³/mol. The fraction of sp³-hybridized carbons (Fsp3) is 0.913. The highest BCUT2D eigenvalue weighted by atomic mass is 17.0. The molecule has 174 valence electrons. The Morgan fingerprint density at radius 3 is 2.39 bits per heavy atom. The molecule has 4 aliphatic carbocycles. The lowest BCUT2D eigenvalue weighted by molar-refractivity contribution is -0.775. The van der Waals surface area contributed by atoms with Crippen molar-refractivity contribution in [3.05, 3.63) is 10.1 Å². The molecule has 0 amide bonds. The maximum Gasteiger partial charge on any atom is 0.302 e. The summed E-state index contributed by atoms with van der Waals surface area (Å²) in [5.74, 6) is 0.538. The summed E-state index contributed by atoms with van der Waals surface area (Å²) >= 11 is 0. The van der Waals surface area contributed by atoms with Crippen LogP contribution >= 0.6 is 0 Å². The zero-order valence-corrected chi connectivity index (χ0v) is 19.0. The molecule has 0 aromatic rings. The van der Waals surface area contributed by atoms with Gasteiger partial charge in [-0.15, -0.1) is 10.1 Å². The van der Waals surface area contributed by atoms with Crippen molar-refractivity contribution in [1.82, 2.24) is 0 Å². The van der Waals surface area contributed by atoms with Gasteiger partial charge in [0.05, 0.1) is 0 Å². The number of rotatable bonds is 4. The molecule has 0 unspecified atom stereocenters. The molecule has 0 heterocycles. The zero-order valence-electron chi connectivity index (χ0n) is 19.0. The maximum atomic E-state index is 12.3. The van der Waals surface area contributed by atoms with Crippen LogP contribution in [0.4, 0.5) is 0 Å². The van der Waals surface area contributed by atoms with Crippen molar-refractivity contribution < 1.29 is 29.4 Å². The maximum absolute atomic E-state index is 12.3. The molecule has 0 aromatic heterocycles. The van der Waals surface area contributed by atoms with Crippen molar-refractivity contribution in [2.24, 2.45) is 34.5 Å². The Morgan fingerprint density at radius 2 is 1.77 bits per heavy atom. The second-order valence-corrected chi connectivity index (χ2v) is 11.0. The summed E-state index contributed by atoms with van der Waals surface area (Å²) in [7, 11) is 0. The predicted octanol–water partition coefficient (Wildman–Crippen LogP) is 3.47. The second-order valence-electron chi connectivity index (χ2n) is 11.0. The third-order valence-electron chi connectivity index (χ3n) is 9.82. The number of hydrogen-bond donors (Lipinski definition) is 1. The molecule has 0 spiro atoms.